The Morgan fingerprint density at radius 1 is 1.26 bits per heavy atom. The van der Waals surface area contributed by atoms with Gasteiger partial charge in [-0.25, -0.2) is 8.78 Å². The third-order valence-electron chi connectivity index (χ3n) is 3.02. The van der Waals surface area contributed by atoms with Gasteiger partial charge in [-0.05, 0) is 23.9 Å². The lowest BCUT2D eigenvalue weighted by molar-refractivity contribution is 0.487. The van der Waals surface area contributed by atoms with Crippen molar-refractivity contribution in [1.82, 2.24) is 5.32 Å². The fourth-order valence-corrected chi connectivity index (χ4v) is 2.86. The highest BCUT2D eigenvalue weighted by molar-refractivity contribution is 7.10. The Balaban J connectivity index is 2.02. The number of nitrogens with one attached hydrogen (secondary N) is 1. The fraction of sp³-hybridized carbons (Fsp3) is 0.333. The second-order valence-electron chi connectivity index (χ2n) is 4.47. The molecule has 2 aromatic rings. The first kappa shape index (κ1) is 14.2. The van der Waals surface area contributed by atoms with Gasteiger partial charge >= 0.3 is 0 Å². The van der Waals surface area contributed by atoms with E-state index in [2.05, 4.69) is 18.3 Å². The molecule has 1 nitrogen and oxygen atoms in total. The molecule has 0 radical (unpaired) electrons. The minimum atomic E-state index is -0.537. The van der Waals surface area contributed by atoms with Crippen molar-refractivity contribution < 1.29 is 8.78 Å². The average molecular weight is 281 g/mol. The number of hydrogen-bond acceptors (Lipinski definition) is 2. The molecule has 102 valence electrons. The Kier molecular flexibility index (Phi) is 5.05. The molecule has 0 aliphatic heterocycles. The highest BCUT2D eigenvalue weighted by atomic mass is 32.1. The Bertz CT molecular complexity index is 511. The van der Waals surface area contributed by atoms with Crippen molar-refractivity contribution in [3.05, 3.63) is 57.8 Å². The van der Waals surface area contributed by atoms with Gasteiger partial charge in [0.25, 0.3) is 0 Å². The van der Waals surface area contributed by atoms with Crippen LogP contribution in [-0.2, 0) is 6.54 Å². The molecule has 0 saturated heterocycles. The number of hydrogen-bond donors (Lipinski definition) is 1. The Morgan fingerprint density at radius 2 is 2.11 bits per heavy atom. The van der Waals surface area contributed by atoms with Crippen molar-refractivity contribution in [3.8, 4) is 0 Å². The second kappa shape index (κ2) is 6.78. The minimum Gasteiger partial charge on any atom is -0.305 e. The molecule has 0 fully saturated rings. The molecule has 1 atom stereocenters. The maximum absolute atomic E-state index is 13.6. The summed E-state index contributed by atoms with van der Waals surface area (Å²) < 4.78 is 26.4. The van der Waals surface area contributed by atoms with E-state index in [9.17, 15) is 8.78 Å². The summed E-state index contributed by atoms with van der Waals surface area (Å²) in [4.78, 5) is 1.25. The van der Waals surface area contributed by atoms with Crippen LogP contribution in [0.2, 0.25) is 0 Å². The lowest BCUT2D eigenvalue weighted by Crippen LogP contribution is -2.20. The van der Waals surface area contributed by atoms with Gasteiger partial charge in [0.15, 0.2) is 0 Å². The maximum atomic E-state index is 13.6. The van der Waals surface area contributed by atoms with Crippen LogP contribution in [0.5, 0.6) is 0 Å². The van der Waals surface area contributed by atoms with Crippen molar-refractivity contribution in [2.24, 2.45) is 0 Å². The van der Waals surface area contributed by atoms with Gasteiger partial charge in [0.05, 0.1) is 0 Å². The fourth-order valence-electron chi connectivity index (χ4n) is 2.02. The maximum Gasteiger partial charge on any atom is 0.130 e. The molecule has 0 aliphatic rings. The summed E-state index contributed by atoms with van der Waals surface area (Å²) in [6.45, 7) is 2.54. The Morgan fingerprint density at radius 3 is 2.74 bits per heavy atom. The summed E-state index contributed by atoms with van der Waals surface area (Å²) in [5.41, 5.74) is 0.499. The van der Waals surface area contributed by atoms with Gasteiger partial charge in [-0.2, -0.15) is 0 Å². The topological polar surface area (TPSA) is 12.0 Å². The van der Waals surface area contributed by atoms with Gasteiger partial charge in [0, 0.05) is 29.1 Å². The summed E-state index contributed by atoms with van der Waals surface area (Å²) in [5.74, 6) is -1.03. The number of benzene rings is 1. The van der Waals surface area contributed by atoms with E-state index < -0.39 is 11.6 Å². The monoisotopic (exact) mass is 281 g/mol. The van der Waals surface area contributed by atoms with Crippen molar-refractivity contribution in [1.29, 1.82) is 0 Å². The first-order valence-electron chi connectivity index (χ1n) is 6.41. The van der Waals surface area contributed by atoms with E-state index in [1.54, 1.807) is 11.3 Å². The Labute approximate surface area is 116 Å². The third-order valence-corrected chi connectivity index (χ3v) is 4.00. The van der Waals surface area contributed by atoms with Crippen molar-refractivity contribution in [2.75, 3.05) is 0 Å². The van der Waals surface area contributed by atoms with Crippen LogP contribution < -0.4 is 5.32 Å². The standard InChI is InChI=1S/C15H17F2NS/c1-2-4-14(15-5-3-8-19-15)18-10-11-6-7-12(16)9-13(11)17/h3,5-9,14,18H,2,4,10H2,1H3. The Hall–Kier alpha value is -1.26. The first-order valence-corrected chi connectivity index (χ1v) is 7.29. The molecule has 1 N–H and O–H groups in total. The number of rotatable bonds is 6. The lowest BCUT2D eigenvalue weighted by Gasteiger charge is -2.17. The van der Waals surface area contributed by atoms with Crippen molar-refractivity contribution in [3.63, 3.8) is 0 Å². The van der Waals surface area contributed by atoms with Gasteiger partial charge in [-0.3, -0.25) is 0 Å². The number of thiophene rings is 1. The molecule has 1 aromatic heterocycles. The predicted molar refractivity (Wildman–Crippen MR) is 75.2 cm³/mol. The van der Waals surface area contributed by atoms with E-state index in [-0.39, 0.29) is 6.04 Å². The molecule has 4 heteroatoms. The van der Waals surface area contributed by atoms with Crippen molar-refractivity contribution in [2.45, 2.75) is 32.4 Å². The summed E-state index contributed by atoms with van der Waals surface area (Å²) >= 11 is 1.70. The van der Waals surface area contributed by atoms with Crippen LogP contribution in [0.4, 0.5) is 8.78 Å². The van der Waals surface area contributed by atoms with Crippen LogP contribution in [0.1, 0.15) is 36.2 Å². The molecule has 0 amide bonds. The summed E-state index contributed by atoms with van der Waals surface area (Å²) in [7, 11) is 0. The SMILES string of the molecule is CCCC(NCc1ccc(F)cc1F)c1cccs1. The molecule has 19 heavy (non-hydrogen) atoms. The van der Waals surface area contributed by atoms with Gasteiger partial charge in [0.2, 0.25) is 0 Å². The smallest absolute Gasteiger partial charge is 0.130 e. The van der Waals surface area contributed by atoms with Gasteiger partial charge in [-0.15, -0.1) is 11.3 Å². The average Bonchev–Trinajstić information content (AvgIpc) is 2.90. The lowest BCUT2D eigenvalue weighted by atomic mass is 10.1. The molecule has 1 aromatic carbocycles. The van der Waals surface area contributed by atoms with Crippen LogP contribution in [-0.4, -0.2) is 0 Å². The van der Waals surface area contributed by atoms with E-state index in [0.717, 1.165) is 18.9 Å². The summed E-state index contributed by atoms with van der Waals surface area (Å²) in [6, 6.07) is 8.04. The molecular weight excluding hydrogens is 264 g/mol. The van der Waals surface area contributed by atoms with Crippen LogP contribution in [0.3, 0.4) is 0 Å². The van der Waals surface area contributed by atoms with Crippen LogP contribution in [0.15, 0.2) is 35.7 Å². The quantitative estimate of drug-likeness (QED) is 0.812. The third kappa shape index (κ3) is 3.85. The molecule has 2 rings (SSSR count). The second-order valence-corrected chi connectivity index (χ2v) is 5.45. The molecular formula is C15H17F2NS. The van der Waals surface area contributed by atoms with Crippen LogP contribution in [0.25, 0.3) is 0 Å². The van der Waals surface area contributed by atoms with Gasteiger partial charge in [-0.1, -0.05) is 25.5 Å². The van der Waals surface area contributed by atoms with E-state index in [1.807, 2.05) is 11.4 Å². The number of halogens is 2. The van der Waals surface area contributed by atoms with Crippen LogP contribution in [0, 0.1) is 11.6 Å². The molecule has 1 unspecified atom stereocenters. The largest absolute Gasteiger partial charge is 0.305 e. The van der Waals surface area contributed by atoms with Crippen molar-refractivity contribution >= 4 is 11.3 Å². The van der Waals surface area contributed by atoms with E-state index in [4.69, 9.17) is 0 Å². The first-order chi connectivity index (χ1) is 9.20. The molecule has 1 heterocycles. The normalized spacial score (nSPS) is 12.6. The highest BCUT2D eigenvalue weighted by Crippen LogP contribution is 2.24. The molecule has 0 bridgehead atoms. The van der Waals surface area contributed by atoms with E-state index >= 15 is 0 Å². The van der Waals surface area contributed by atoms with E-state index in [1.165, 1.54) is 17.0 Å². The molecule has 0 saturated carbocycles. The van der Waals surface area contributed by atoms with Gasteiger partial charge < -0.3 is 5.32 Å². The zero-order chi connectivity index (χ0) is 13.7. The van der Waals surface area contributed by atoms with Gasteiger partial charge in [0.1, 0.15) is 11.6 Å². The van der Waals surface area contributed by atoms with Crippen LogP contribution >= 0.6 is 11.3 Å². The molecule has 0 aliphatic carbocycles. The highest BCUT2D eigenvalue weighted by Gasteiger charge is 2.12. The zero-order valence-electron chi connectivity index (χ0n) is 10.8. The predicted octanol–water partition coefficient (Wildman–Crippen LogP) is 4.66. The summed E-state index contributed by atoms with van der Waals surface area (Å²) in [5, 5.41) is 5.39. The zero-order valence-corrected chi connectivity index (χ0v) is 11.6. The summed E-state index contributed by atoms with van der Waals surface area (Å²) in [6.07, 6.45) is 2.06. The molecule has 0 spiro atoms. The minimum absolute atomic E-state index is 0.231. The van der Waals surface area contributed by atoms with E-state index in [0.29, 0.717) is 12.1 Å².